The Morgan fingerprint density at radius 2 is 1.82 bits per heavy atom. The lowest BCUT2D eigenvalue weighted by Crippen LogP contribution is -2.11. The molecule has 0 aliphatic rings. The Balaban J connectivity index is 1.74. The van der Waals surface area contributed by atoms with E-state index in [2.05, 4.69) is 20.5 Å². The first-order valence-corrected chi connectivity index (χ1v) is 6.31. The van der Waals surface area contributed by atoms with Crippen LogP contribution in [0.4, 0.5) is 6.01 Å². The lowest BCUT2D eigenvalue weighted by atomic mass is 10.1. The average Bonchev–Trinajstić information content (AvgIpc) is 3.04. The number of rotatable bonds is 3. The van der Waals surface area contributed by atoms with Crippen molar-refractivity contribution in [3.63, 3.8) is 0 Å². The second-order valence-corrected chi connectivity index (χ2v) is 4.29. The number of hydrogen-bond acceptors (Lipinski definition) is 6. The lowest BCUT2D eigenvalue weighted by Gasteiger charge is -2.00. The van der Waals surface area contributed by atoms with Gasteiger partial charge in [-0.2, -0.15) is 5.26 Å². The fourth-order valence-corrected chi connectivity index (χ4v) is 1.75. The third kappa shape index (κ3) is 2.81. The van der Waals surface area contributed by atoms with Gasteiger partial charge in [0.2, 0.25) is 5.89 Å². The van der Waals surface area contributed by atoms with Gasteiger partial charge in [0, 0.05) is 23.5 Å². The summed E-state index contributed by atoms with van der Waals surface area (Å²) < 4.78 is 5.37. The summed E-state index contributed by atoms with van der Waals surface area (Å²) in [6.07, 6.45) is 3.21. The van der Waals surface area contributed by atoms with E-state index in [0.29, 0.717) is 16.7 Å². The highest BCUT2D eigenvalue weighted by Gasteiger charge is 2.12. The first-order chi connectivity index (χ1) is 10.8. The van der Waals surface area contributed by atoms with Crippen LogP contribution >= 0.6 is 0 Å². The molecule has 0 unspecified atom stereocenters. The van der Waals surface area contributed by atoms with Crippen LogP contribution in [0, 0.1) is 11.3 Å². The predicted molar refractivity (Wildman–Crippen MR) is 76.6 cm³/mol. The van der Waals surface area contributed by atoms with Crippen molar-refractivity contribution < 1.29 is 9.21 Å². The molecule has 3 rings (SSSR count). The Morgan fingerprint density at radius 3 is 2.50 bits per heavy atom. The molecule has 0 radical (unpaired) electrons. The zero-order chi connectivity index (χ0) is 15.4. The molecule has 0 saturated carbocycles. The van der Waals surface area contributed by atoms with Crippen LogP contribution in [0.5, 0.6) is 0 Å². The van der Waals surface area contributed by atoms with Gasteiger partial charge in [-0.15, -0.1) is 5.10 Å². The number of pyridine rings is 1. The van der Waals surface area contributed by atoms with Gasteiger partial charge in [0.25, 0.3) is 5.91 Å². The standard InChI is InChI=1S/C15H9N5O2/c16-9-10-1-3-11(4-2-10)13(21)18-15-20-19-14(22-15)12-5-7-17-8-6-12/h1-8H,(H,18,20,21). The summed E-state index contributed by atoms with van der Waals surface area (Å²) >= 11 is 0. The van der Waals surface area contributed by atoms with Gasteiger partial charge in [0.1, 0.15) is 0 Å². The van der Waals surface area contributed by atoms with Gasteiger partial charge in [0.15, 0.2) is 0 Å². The Morgan fingerprint density at radius 1 is 1.09 bits per heavy atom. The third-order valence-electron chi connectivity index (χ3n) is 2.85. The first-order valence-electron chi connectivity index (χ1n) is 6.31. The van der Waals surface area contributed by atoms with E-state index < -0.39 is 5.91 Å². The molecule has 2 aromatic heterocycles. The van der Waals surface area contributed by atoms with Crippen molar-refractivity contribution in [2.24, 2.45) is 0 Å². The quantitative estimate of drug-likeness (QED) is 0.793. The van der Waals surface area contributed by atoms with E-state index in [0.717, 1.165) is 0 Å². The summed E-state index contributed by atoms with van der Waals surface area (Å²) in [5, 5.41) is 18.9. The third-order valence-corrected chi connectivity index (χ3v) is 2.85. The highest BCUT2D eigenvalue weighted by molar-refractivity contribution is 6.03. The van der Waals surface area contributed by atoms with Crippen LogP contribution in [0.2, 0.25) is 0 Å². The van der Waals surface area contributed by atoms with Gasteiger partial charge >= 0.3 is 6.01 Å². The van der Waals surface area contributed by atoms with E-state index in [1.54, 1.807) is 48.8 Å². The van der Waals surface area contributed by atoms with E-state index in [-0.39, 0.29) is 11.9 Å². The van der Waals surface area contributed by atoms with Crippen LogP contribution in [0.25, 0.3) is 11.5 Å². The van der Waals surface area contributed by atoms with E-state index in [4.69, 9.17) is 9.68 Å². The summed E-state index contributed by atoms with van der Waals surface area (Å²) in [6, 6.07) is 11.7. The maximum atomic E-state index is 12.0. The number of carbonyl (C=O) groups is 1. The molecule has 0 fully saturated rings. The maximum Gasteiger partial charge on any atom is 0.322 e. The molecule has 1 aromatic carbocycles. The minimum atomic E-state index is -0.394. The minimum absolute atomic E-state index is 0.00109. The van der Waals surface area contributed by atoms with Crippen molar-refractivity contribution in [3.8, 4) is 17.5 Å². The van der Waals surface area contributed by atoms with Gasteiger partial charge in [0.05, 0.1) is 11.6 Å². The van der Waals surface area contributed by atoms with Crippen LogP contribution in [0.1, 0.15) is 15.9 Å². The number of aromatic nitrogens is 3. The molecular formula is C15H9N5O2. The van der Waals surface area contributed by atoms with Crippen molar-refractivity contribution in [2.45, 2.75) is 0 Å². The molecule has 2 heterocycles. The van der Waals surface area contributed by atoms with Crippen LogP contribution < -0.4 is 5.32 Å². The van der Waals surface area contributed by atoms with Crippen LogP contribution in [0.3, 0.4) is 0 Å². The zero-order valence-electron chi connectivity index (χ0n) is 11.2. The molecule has 22 heavy (non-hydrogen) atoms. The van der Waals surface area contributed by atoms with E-state index in [1.165, 1.54) is 0 Å². The molecule has 0 atom stereocenters. The number of nitriles is 1. The SMILES string of the molecule is N#Cc1ccc(C(=O)Nc2nnc(-c3ccncc3)o2)cc1. The van der Waals surface area contributed by atoms with Crippen molar-refractivity contribution in [2.75, 3.05) is 5.32 Å². The summed E-state index contributed by atoms with van der Waals surface area (Å²) in [5.41, 5.74) is 1.58. The molecule has 0 bridgehead atoms. The van der Waals surface area contributed by atoms with Crippen LogP contribution in [-0.4, -0.2) is 21.1 Å². The smallest absolute Gasteiger partial charge is 0.322 e. The second-order valence-electron chi connectivity index (χ2n) is 4.29. The van der Waals surface area contributed by atoms with Gasteiger partial charge < -0.3 is 4.42 Å². The largest absolute Gasteiger partial charge is 0.403 e. The maximum absolute atomic E-state index is 12.0. The number of carbonyl (C=O) groups excluding carboxylic acids is 1. The fraction of sp³-hybridized carbons (Fsp3) is 0. The van der Waals surface area contributed by atoms with Crippen molar-refractivity contribution >= 4 is 11.9 Å². The van der Waals surface area contributed by atoms with Crippen molar-refractivity contribution in [3.05, 3.63) is 59.9 Å². The van der Waals surface area contributed by atoms with Gasteiger partial charge in [-0.25, -0.2) is 0 Å². The Bertz CT molecular complexity index is 834. The topological polar surface area (TPSA) is 105 Å². The highest BCUT2D eigenvalue weighted by Crippen LogP contribution is 2.19. The summed E-state index contributed by atoms with van der Waals surface area (Å²) in [7, 11) is 0. The highest BCUT2D eigenvalue weighted by atomic mass is 16.4. The van der Waals surface area contributed by atoms with Crippen molar-refractivity contribution in [1.82, 2.24) is 15.2 Å². The molecule has 0 spiro atoms. The van der Waals surface area contributed by atoms with Gasteiger partial charge in [-0.3, -0.25) is 15.1 Å². The Labute approximate surface area is 125 Å². The Hall–Kier alpha value is -3.53. The second kappa shape index (κ2) is 5.85. The molecule has 7 heteroatoms. The monoisotopic (exact) mass is 291 g/mol. The molecule has 0 aliphatic heterocycles. The molecule has 106 valence electrons. The lowest BCUT2D eigenvalue weighted by molar-refractivity contribution is 0.102. The number of anilines is 1. The fourth-order valence-electron chi connectivity index (χ4n) is 1.75. The number of benzene rings is 1. The number of nitrogens with one attached hydrogen (secondary N) is 1. The van der Waals surface area contributed by atoms with Crippen LogP contribution in [0.15, 0.2) is 53.2 Å². The predicted octanol–water partition coefficient (Wildman–Crippen LogP) is 2.26. The number of hydrogen-bond donors (Lipinski definition) is 1. The molecular weight excluding hydrogens is 282 g/mol. The zero-order valence-corrected chi connectivity index (χ0v) is 11.2. The van der Waals surface area contributed by atoms with E-state index in [1.807, 2.05) is 6.07 Å². The average molecular weight is 291 g/mol. The number of amides is 1. The normalized spacial score (nSPS) is 9.95. The molecule has 0 saturated heterocycles. The molecule has 1 N–H and O–H groups in total. The minimum Gasteiger partial charge on any atom is -0.403 e. The first kappa shape index (κ1) is 13.5. The van der Waals surface area contributed by atoms with Crippen molar-refractivity contribution in [1.29, 1.82) is 5.26 Å². The van der Waals surface area contributed by atoms with E-state index >= 15 is 0 Å². The molecule has 3 aromatic rings. The van der Waals surface area contributed by atoms with Gasteiger partial charge in [-0.05, 0) is 36.4 Å². The number of nitrogens with zero attached hydrogens (tertiary/aromatic N) is 4. The Kier molecular flexibility index (Phi) is 3.58. The summed E-state index contributed by atoms with van der Waals surface area (Å²) in [5.74, 6) is -0.105. The summed E-state index contributed by atoms with van der Waals surface area (Å²) in [6.45, 7) is 0. The summed E-state index contributed by atoms with van der Waals surface area (Å²) in [4.78, 5) is 15.9. The van der Waals surface area contributed by atoms with E-state index in [9.17, 15) is 4.79 Å². The van der Waals surface area contributed by atoms with Crippen LogP contribution in [-0.2, 0) is 0 Å². The molecule has 7 nitrogen and oxygen atoms in total. The molecule has 1 amide bonds. The van der Waals surface area contributed by atoms with Gasteiger partial charge in [-0.1, -0.05) is 5.10 Å². The molecule has 0 aliphatic carbocycles.